The van der Waals surface area contributed by atoms with Gasteiger partial charge in [0.05, 0.1) is 31.1 Å². The van der Waals surface area contributed by atoms with Crippen molar-refractivity contribution in [3.05, 3.63) is 63.2 Å². The van der Waals surface area contributed by atoms with Gasteiger partial charge in [0.1, 0.15) is 10.6 Å². The number of hydrogen-bond donors (Lipinski definition) is 1. The van der Waals surface area contributed by atoms with Crippen LogP contribution in [0.4, 0.5) is 5.69 Å². The van der Waals surface area contributed by atoms with E-state index in [0.717, 1.165) is 0 Å². The van der Waals surface area contributed by atoms with Gasteiger partial charge in [-0.15, -0.1) is 0 Å². The Labute approximate surface area is 172 Å². The number of nitrogens with one attached hydrogen (secondary N) is 1. The molecule has 0 aliphatic rings. The van der Waals surface area contributed by atoms with Crippen molar-refractivity contribution in [2.24, 2.45) is 0 Å². The molecule has 1 N–H and O–H groups in total. The fourth-order valence-electron chi connectivity index (χ4n) is 2.58. The normalized spacial score (nSPS) is 12.2. The van der Waals surface area contributed by atoms with Gasteiger partial charge in [-0.1, -0.05) is 23.7 Å². The molecule has 0 radical (unpaired) electrons. The summed E-state index contributed by atoms with van der Waals surface area (Å²) in [4.78, 5) is 22.2. The van der Waals surface area contributed by atoms with Crippen LogP contribution in [0.1, 0.15) is 24.9 Å². The first-order valence-electron chi connectivity index (χ1n) is 8.43. The average molecular weight is 443 g/mol. The molecule has 156 valence electrons. The fraction of sp³-hybridized carbons (Fsp3) is 0.278. The minimum Gasteiger partial charge on any atom is -0.495 e. The monoisotopic (exact) mass is 442 g/mol. The number of nitro benzene ring substituents is 1. The first kappa shape index (κ1) is 22.6. The molecule has 2 aromatic carbocycles. The number of ether oxygens (including phenoxy) is 2. The highest BCUT2D eigenvalue weighted by molar-refractivity contribution is 7.89. The molecule has 0 saturated heterocycles. The van der Waals surface area contributed by atoms with Crippen molar-refractivity contribution in [3.63, 3.8) is 0 Å². The van der Waals surface area contributed by atoms with E-state index in [9.17, 15) is 23.3 Å². The number of esters is 1. The summed E-state index contributed by atoms with van der Waals surface area (Å²) in [5, 5.41) is 11.2. The smallest absolute Gasteiger partial charge is 0.307 e. The van der Waals surface area contributed by atoms with Crippen LogP contribution in [-0.2, 0) is 19.6 Å². The topological polar surface area (TPSA) is 125 Å². The lowest BCUT2D eigenvalue weighted by Gasteiger charge is -2.19. The summed E-state index contributed by atoms with van der Waals surface area (Å²) in [6.07, 6.45) is -0.364. The first-order chi connectivity index (χ1) is 13.7. The lowest BCUT2D eigenvalue weighted by molar-refractivity contribution is -0.384. The third kappa shape index (κ3) is 5.89. The molecule has 0 heterocycles. The number of rotatable bonds is 9. The Morgan fingerprint density at radius 2 is 2.00 bits per heavy atom. The van der Waals surface area contributed by atoms with E-state index in [-0.39, 0.29) is 39.9 Å². The van der Waals surface area contributed by atoms with E-state index in [2.05, 4.69) is 4.72 Å². The summed E-state index contributed by atoms with van der Waals surface area (Å²) < 4.78 is 38.3. The average Bonchev–Trinajstić information content (AvgIpc) is 2.67. The van der Waals surface area contributed by atoms with Gasteiger partial charge in [-0.05, 0) is 30.7 Å². The number of hydrogen-bond acceptors (Lipinski definition) is 7. The molecule has 0 unspecified atom stereocenters. The molecule has 11 heteroatoms. The van der Waals surface area contributed by atoms with Crippen LogP contribution in [0.2, 0.25) is 5.02 Å². The predicted octanol–water partition coefficient (Wildman–Crippen LogP) is 3.23. The van der Waals surface area contributed by atoms with E-state index < -0.39 is 27.0 Å². The Kier molecular flexibility index (Phi) is 7.54. The second-order valence-corrected chi connectivity index (χ2v) is 7.95. The Balaban J connectivity index is 2.47. The second kappa shape index (κ2) is 9.68. The predicted molar refractivity (Wildman–Crippen MR) is 105 cm³/mol. The number of nitro groups is 1. The molecule has 0 amide bonds. The molecule has 1 atom stereocenters. The zero-order valence-corrected chi connectivity index (χ0v) is 17.2. The standard InChI is InChI=1S/C18H19ClN2O7S/c1-3-28-18(22)11-15(12-5-4-6-14(9-12)21(23)24)20-29(25,26)17-10-13(19)7-8-16(17)27-2/h4-10,15,20H,3,11H2,1-2H3/t15-/m0/s1. The molecule has 0 fully saturated rings. The maximum absolute atomic E-state index is 13.0. The summed E-state index contributed by atoms with van der Waals surface area (Å²) in [5.41, 5.74) is -0.00674. The molecule has 2 rings (SSSR count). The number of carbonyl (C=O) groups excluding carboxylic acids is 1. The zero-order chi connectivity index (χ0) is 21.6. The van der Waals surface area contributed by atoms with Crippen molar-refractivity contribution in [1.82, 2.24) is 4.72 Å². The Hall–Kier alpha value is -2.69. The molecule has 0 bridgehead atoms. The highest BCUT2D eigenvalue weighted by atomic mass is 35.5. The van der Waals surface area contributed by atoms with Crippen LogP contribution >= 0.6 is 11.6 Å². The van der Waals surface area contributed by atoms with Gasteiger partial charge >= 0.3 is 5.97 Å². The van der Waals surface area contributed by atoms with Crippen LogP contribution in [0.25, 0.3) is 0 Å². The van der Waals surface area contributed by atoms with Crippen LogP contribution in [0.5, 0.6) is 5.75 Å². The van der Waals surface area contributed by atoms with Gasteiger partial charge in [0.25, 0.3) is 5.69 Å². The Bertz CT molecular complexity index is 1010. The number of methoxy groups -OCH3 is 1. The molecular formula is C18H19ClN2O7S. The molecule has 0 aliphatic carbocycles. The summed E-state index contributed by atoms with van der Waals surface area (Å²) in [6, 6.07) is 8.30. The fourth-order valence-corrected chi connectivity index (χ4v) is 4.24. The van der Waals surface area contributed by atoms with Crippen LogP contribution in [0.15, 0.2) is 47.4 Å². The minimum absolute atomic E-state index is 0.0517. The van der Waals surface area contributed by atoms with Gasteiger partial charge in [-0.2, -0.15) is 0 Å². The van der Waals surface area contributed by atoms with Crippen molar-refractivity contribution in [2.75, 3.05) is 13.7 Å². The minimum atomic E-state index is -4.20. The third-order valence-electron chi connectivity index (χ3n) is 3.87. The largest absolute Gasteiger partial charge is 0.495 e. The van der Waals surface area contributed by atoms with E-state index >= 15 is 0 Å². The third-order valence-corrected chi connectivity index (χ3v) is 5.60. The molecule has 0 spiro atoms. The summed E-state index contributed by atoms with van der Waals surface area (Å²) in [6.45, 7) is 1.72. The lowest BCUT2D eigenvalue weighted by Crippen LogP contribution is -2.31. The van der Waals surface area contributed by atoms with Gasteiger partial charge in [0.2, 0.25) is 10.0 Å². The van der Waals surface area contributed by atoms with Crippen molar-refractivity contribution in [2.45, 2.75) is 24.3 Å². The van der Waals surface area contributed by atoms with E-state index in [4.69, 9.17) is 21.1 Å². The second-order valence-electron chi connectivity index (χ2n) is 5.83. The number of carbonyl (C=O) groups is 1. The molecule has 0 aliphatic heterocycles. The summed E-state index contributed by atoms with van der Waals surface area (Å²) in [5.74, 6) is -0.611. The van der Waals surface area contributed by atoms with Gasteiger partial charge in [-0.25, -0.2) is 13.1 Å². The van der Waals surface area contributed by atoms with Gasteiger partial charge in [0.15, 0.2) is 0 Å². The number of sulfonamides is 1. The number of non-ortho nitro benzene ring substituents is 1. The first-order valence-corrected chi connectivity index (χ1v) is 10.3. The molecule has 9 nitrogen and oxygen atoms in total. The summed E-state index contributed by atoms with van der Waals surface area (Å²) in [7, 11) is -2.90. The maximum Gasteiger partial charge on any atom is 0.307 e. The van der Waals surface area contributed by atoms with E-state index in [1.54, 1.807) is 6.92 Å². The van der Waals surface area contributed by atoms with Crippen molar-refractivity contribution < 1.29 is 27.6 Å². The van der Waals surface area contributed by atoms with Crippen molar-refractivity contribution in [3.8, 4) is 5.75 Å². The maximum atomic E-state index is 13.0. The molecular weight excluding hydrogens is 424 g/mol. The van der Waals surface area contributed by atoms with Crippen molar-refractivity contribution >= 4 is 33.3 Å². The van der Waals surface area contributed by atoms with E-state index in [1.807, 2.05) is 0 Å². The van der Waals surface area contributed by atoms with E-state index in [1.165, 1.54) is 49.6 Å². The van der Waals surface area contributed by atoms with Crippen LogP contribution in [-0.4, -0.2) is 33.0 Å². The van der Waals surface area contributed by atoms with Gasteiger partial charge < -0.3 is 9.47 Å². The Morgan fingerprint density at radius 3 is 2.62 bits per heavy atom. The SMILES string of the molecule is CCOC(=O)C[C@H](NS(=O)(=O)c1cc(Cl)ccc1OC)c1cccc([N+](=O)[O-])c1. The molecule has 0 aromatic heterocycles. The molecule has 0 saturated carbocycles. The quantitative estimate of drug-likeness (QED) is 0.359. The van der Waals surface area contributed by atoms with Crippen LogP contribution < -0.4 is 9.46 Å². The number of benzene rings is 2. The number of halogens is 1. The molecule has 29 heavy (non-hydrogen) atoms. The number of nitrogens with zero attached hydrogens (tertiary/aromatic N) is 1. The van der Waals surface area contributed by atoms with Gasteiger partial charge in [0, 0.05) is 17.2 Å². The van der Waals surface area contributed by atoms with Crippen LogP contribution in [0.3, 0.4) is 0 Å². The molecule has 2 aromatic rings. The van der Waals surface area contributed by atoms with Crippen LogP contribution in [0, 0.1) is 10.1 Å². The van der Waals surface area contributed by atoms with Crippen molar-refractivity contribution in [1.29, 1.82) is 0 Å². The highest BCUT2D eigenvalue weighted by Gasteiger charge is 2.28. The van der Waals surface area contributed by atoms with Gasteiger partial charge in [-0.3, -0.25) is 14.9 Å². The Morgan fingerprint density at radius 1 is 1.28 bits per heavy atom. The summed E-state index contributed by atoms with van der Waals surface area (Å²) >= 11 is 5.92. The zero-order valence-electron chi connectivity index (χ0n) is 15.6. The highest BCUT2D eigenvalue weighted by Crippen LogP contribution is 2.30. The van der Waals surface area contributed by atoms with E-state index in [0.29, 0.717) is 0 Å². The lowest BCUT2D eigenvalue weighted by atomic mass is 10.0.